The van der Waals surface area contributed by atoms with E-state index in [4.69, 9.17) is 9.47 Å². The van der Waals surface area contributed by atoms with Crippen LogP contribution in [-0.2, 0) is 30.3 Å². The van der Waals surface area contributed by atoms with Crippen molar-refractivity contribution in [3.8, 4) is 0 Å². The minimum absolute atomic E-state index is 0.178. The summed E-state index contributed by atoms with van der Waals surface area (Å²) in [6.45, 7) is 14.0. The number of esters is 1. The van der Waals surface area contributed by atoms with Gasteiger partial charge in [0.15, 0.2) is 0 Å². The third kappa shape index (κ3) is 9.89. The Hall–Kier alpha value is -3.88. The van der Waals surface area contributed by atoms with Crippen LogP contribution in [0.2, 0.25) is 0 Å². The van der Waals surface area contributed by atoms with Gasteiger partial charge in [0, 0.05) is 12.5 Å². The van der Waals surface area contributed by atoms with Crippen molar-refractivity contribution in [3.05, 3.63) is 70.8 Å². The van der Waals surface area contributed by atoms with Crippen molar-refractivity contribution < 1.29 is 28.7 Å². The lowest BCUT2D eigenvalue weighted by atomic mass is 9.95. The van der Waals surface area contributed by atoms with Crippen molar-refractivity contribution in [1.29, 1.82) is 0 Å². The first-order chi connectivity index (χ1) is 19.5. The van der Waals surface area contributed by atoms with E-state index in [1.165, 1.54) is 0 Å². The molecule has 1 saturated carbocycles. The zero-order valence-corrected chi connectivity index (χ0v) is 26.1. The van der Waals surface area contributed by atoms with E-state index in [1.807, 2.05) is 62.4 Å². The van der Waals surface area contributed by atoms with Gasteiger partial charge in [0.25, 0.3) is 0 Å². The van der Waals surface area contributed by atoms with Crippen LogP contribution < -0.4 is 10.6 Å². The van der Waals surface area contributed by atoms with Crippen LogP contribution >= 0.6 is 0 Å². The summed E-state index contributed by atoms with van der Waals surface area (Å²) in [4.78, 5) is 55.2. The van der Waals surface area contributed by atoms with Crippen LogP contribution in [0.15, 0.2) is 48.5 Å². The molecular formula is C33H45N3O6. The minimum atomic E-state index is -1.02. The summed E-state index contributed by atoms with van der Waals surface area (Å²) in [5.41, 5.74) is 1.79. The second kappa shape index (κ2) is 13.4. The van der Waals surface area contributed by atoms with Crippen LogP contribution in [0.4, 0.5) is 4.79 Å². The maximum atomic E-state index is 14.3. The highest BCUT2D eigenvalue weighted by molar-refractivity contribution is 5.93. The maximum absolute atomic E-state index is 14.3. The Kier molecular flexibility index (Phi) is 10.4. The standard InChI is InChI=1S/C33H45N3O6/c1-21-14-15-22(2)25(18-21)28(36(24-16-17-24)27(37)20-34-31(40)42-33(6,7)8)29(38)35-26(30(39)41-32(3,4)5)19-23-12-10-9-11-13-23/h9-15,18,24,26,28H,16-17,19-20H2,1-8H3,(H,34,40)(H,35,38). The molecule has 9 heteroatoms. The summed E-state index contributed by atoms with van der Waals surface area (Å²) in [5, 5.41) is 5.46. The molecular weight excluding hydrogens is 534 g/mol. The second-order valence-corrected chi connectivity index (χ2v) is 12.9. The highest BCUT2D eigenvalue weighted by atomic mass is 16.6. The molecule has 0 bridgehead atoms. The number of carbonyl (C=O) groups is 4. The smallest absolute Gasteiger partial charge is 0.408 e. The largest absolute Gasteiger partial charge is 0.458 e. The number of hydrogen-bond acceptors (Lipinski definition) is 6. The molecule has 9 nitrogen and oxygen atoms in total. The minimum Gasteiger partial charge on any atom is -0.458 e. The molecule has 2 aromatic carbocycles. The number of nitrogens with one attached hydrogen (secondary N) is 2. The van der Waals surface area contributed by atoms with Crippen molar-refractivity contribution in [3.63, 3.8) is 0 Å². The molecule has 2 unspecified atom stereocenters. The van der Waals surface area contributed by atoms with Crippen LogP contribution in [-0.4, -0.2) is 58.6 Å². The van der Waals surface area contributed by atoms with E-state index >= 15 is 0 Å². The van der Waals surface area contributed by atoms with Gasteiger partial charge in [-0.2, -0.15) is 0 Å². The molecule has 0 aromatic heterocycles. The summed E-state index contributed by atoms with van der Waals surface area (Å²) >= 11 is 0. The quantitative estimate of drug-likeness (QED) is 0.386. The Balaban J connectivity index is 1.96. The van der Waals surface area contributed by atoms with E-state index in [0.717, 1.165) is 29.5 Å². The number of aryl methyl sites for hydroxylation is 2. The number of ether oxygens (including phenoxy) is 2. The number of hydrogen-bond donors (Lipinski definition) is 2. The van der Waals surface area contributed by atoms with Gasteiger partial charge in [0.2, 0.25) is 11.8 Å². The summed E-state index contributed by atoms with van der Waals surface area (Å²) in [5.74, 6) is -1.47. The van der Waals surface area contributed by atoms with E-state index in [2.05, 4.69) is 10.6 Å². The van der Waals surface area contributed by atoms with Crippen molar-refractivity contribution in [2.24, 2.45) is 0 Å². The fraction of sp³-hybridized carbons (Fsp3) is 0.515. The van der Waals surface area contributed by atoms with Crippen molar-refractivity contribution in [2.75, 3.05) is 6.54 Å². The fourth-order valence-corrected chi connectivity index (χ4v) is 4.60. The zero-order valence-electron chi connectivity index (χ0n) is 26.1. The van der Waals surface area contributed by atoms with E-state index in [0.29, 0.717) is 5.56 Å². The molecule has 1 fully saturated rings. The SMILES string of the molecule is Cc1ccc(C)c(C(C(=O)NC(Cc2ccccc2)C(=O)OC(C)(C)C)N(C(=O)CNC(=O)OC(C)(C)C)C2CC2)c1. The van der Waals surface area contributed by atoms with Crippen LogP contribution in [0.3, 0.4) is 0 Å². The molecule has 0 heterocycles. The van der Waals surface area contributed by atoms with E-state index in [1.54, 1.807) is 46.4 Å². The summed E-state index contributed by atoms with van der Waals surface area (Å²) in [6, 6.07) is 12.9. The average molecular weight is 580 g/mol. The number of alkyl carbamates (subject to hydrolysis) is 1. The van der Waals surface area contributed by atoms with E-state index < -0.39 is 47.2 Å². The predicted molar refractivity (Wildman–Crippen MR) is 161 cm³/mol. The molecule has 228 valence electrons. The maximum Gasteiger partial charge on any atom is 0.408 e. The molecule has 0 aliphatic heterocycles. The van der Waals surface area contributed by atoms with Gasteiger partial charge >= 0.3 is 12.1 Å². The first-order valence-electron chi connectivity index (χ1n) is 14.5. The molecule has 3 rings (SSSR count). The van der Waals surface area contributed by atoms with Crippen LogP contribution in [0.5, 0.6) is 0 Å². The molecule has 0 spiro atoms. The van der Waals surface area contributed by atoms with Crippen molar-refractivity contribution >= 4 is 23.9 Å². The monoisotopic (exact) mass is 579 g/mol. The number of benzene rings is 2. The molecule has 2 N–H and O–H groups in total. The number of carbonyl (C=O) groups excluding carboxylic acids is 4. The molecule has 1 aliphatic carbocycles. The van der Waals surface area contributed by atoms with Gasteiger partial charge in [-0.15, -0.1) is 0 Å². The first kappa shape index (κ1) is 32.6. The Morgan fingerprint density at radius 3 is 2.10 bits per heavy atom. The lowest BCUT2D eigenvalue weighted by Crippen LogP contribution is -2.53. The van der Waals surface area contributed by atoms with Gasteiger partial charge < -0.3 is 25.0 Å². The van der Waals surface area contributed by atoms with Gasteiger partial charge in [-0.05, 0) is 84.9 Å². The van der Waals surface area contributed by atoms with Crippen molar-refractivity contribution in [2.45, 2.75) is 104 Å². The Morgan fingerprint density at radius 2 is 1.52 bits per heavy atom. The van der Waals surface area contributed by atoms with E-state index in [9.17, 15) is 19.2 Å². The summed E-state index contributed by atoms with van der Waals surface area (Å²) in [6.07, 6.45) is 0.962. The van der Waals surface area contributed by atoms with Crippen molar-refractivity contribution in [1.82, 2.24) is 15.5 Å². The third-order valence-corrected chi connectivity index (χ3v) is 6.56. The average Bonchev–Trinajstić information content (AvgIpc) is 3.70. The molecule has 1 aliphatic rings. The highest BCUT2D eigenvalue weighted by Gasteiger charge is 2.43. The van der Waals surface area contributed by atoms with Gasteiger partial charge in [-0.1, -0.05) is 54.1 Å². The lowest BCUT2D eigenvalue weighted by Gasteiger charge is -2.34. The summed E-state index contributed by atoms with van der Waals surface area (Å²) < 4.78 is 11.0. The van der Waals surface area contributed by atoms with Crippen LogP contribution in [0.1, 0.15) is 82.7 Å². The molecule has 2 atom stereocenters. The van der Waals surface area contributed by atoms with E-state index in [-0.39, 0.29) is 19.0 Å². The molecule has 2 aromatic rings. The lowest BCUT2D eigenvalue weighted by molar-refractivity contribution is -0.159. The Morgan fingerprint density at radius 1 is 0.905 bits per heavy atom. The molecule has 3 amide bonds. The fourth-order valence-electron chi connectivity index (χ4n) is 4.60. The normalized spacial score (nSPS) is 14.8. The highest BCUT2D eigenvalue weighted by Crippen LogP contribution is 2.36. The Labute approximate surface area is 249 Å². The van der Waals surface area contributed by atoms with Crippen LogP contribution in [0, 0.1) is 13.8 Å². The van der Waals surface area contributed by atoms with Gasteiger partial charge in [0.05, 0.1) is 0 Å². The predicted octanol–water partition coefficient (Wildman–Crippen LogP) is 4.93. The number of nitrogens with zero attached hydrogens (tertiary/aromatic N) is 1. The van der Waals surface area contributed by atoms with Gasteiger partial charge in [-0.25, -0.2) is 9.59 Å². The zero-order chi connectivity index (χ0) is 31.2. The second-order valence-electron chi connectivity index (χ2n) is 12.9. The topological polar surface area (TPSA) is 114 Å². The van der Waals surface area contributed by atoms with Gasteiger partial charge in [0.1, 0.15) is 29.8 Å². The molecule has 0 radical (unpaired) electrons. The molecule has 0 saturated heterocycles. The van der Waals surface area contributed by atoms with Gasteiger partial charge in [-0.3, -0.25) is 9.59 Å². The third-order valence-electron chi connectivity index (χ3n) is 6.56. The molecule has 42 heavy (non-hydrogen) atoms. The number of amides is 3. The Bertz CT molecular complexity index is 1270. The number of rotatable bonds is 10. The summed E-state index contributed by atoms with van der Waals surface area (Å²) in [7, 11) is 0. The first-order valence-corrected chi connectivity index (χ1v) is 14.5. The van der Waals surface area contributed by atoms with Crippen LogP contribution in [0.25, 0.3) is 0 Å².